The molecule has 0 amide bonds. The molecule has 128 valence electrons. The van der Waals surface area contributed by atoms with Crippen LogP contribution < -0.4 is 11.2 Å². The second-order valence-electron chi connectivity index (χ2n) is 5.79. The first-order valence-corrected chi connectivity index (χ1v) is 7.97. The molecule has 0 saturated heterocycles. The summed E-state index contributed by atoms with van der Waals surface area (Å²) >= 11 is 0. The lowest BCUT2D eigenvalue weighted by molar-refractivity contribution is 0.213. The van der Waals surface area contributed by atoms with Crippen LogP contribution in [0.3, 0.4) is 0 Å². The monoisotopic (exact) mass is 323 g/mol. The third kappa shape index (κ3) is 3.70. The lowest BCUT2D eigenvalue weighted by Gasteiger charge is -2.20. The van der Waals surface area contributed by atoms with Gasteiger partial charge in [-0.05, 0) is 19.4 Å². The predicted octanol–water partition coefficient (Wildman–Crippen LogP) is -0.0552. The van der Waals surface area contributed by atoms with Crippen LogP contribution >= 0.6 is 0 Å². The molecule has 2 N–H and O–H groups in total. The van der Waals surface area contributed by atoms with Gasteiger partial charge in [-0.2, -0.15) is 0 Å². The summed E-state index contributed by atoms with van der Waals surface area (Å²) in [6.07, 6.45) is 2.85. The van der Waals surface area contributed by atoms with E-state index < -0.39 is 0 Å². The zero-order valence-electron chi connectivity index (χ0n) is 14.0. The average Bonchev–Trinajstić information content (AvgIpc) is 2.97. The number of hydrogen-bond donors (Lipinski definition) is 2. The molecule has 8 heteroatoms. The number of aromatic amines is 1. The molecule has 2 rings (SSSR count). The lowest BCUT2D eigenvalue weighted by Crippen LogP contribution is -2.36. The molecule has 0 atom stereocenters. The number of hydrogen-bond acceptors (Lipinski definition) is 5. The van der Waals surface area contributed by atoms with E-state index in [1.807, 2.05) is 0 Å². The summed E-state index contributed by atoms with van der Waals surface area (Å²) in [6.45, 7) is 4.52. The first kappa shape index (κ1) is 17.4. The highest BCUT2D eigenvalue weighted by Gasteiger charge is 2.15. The summed E-state index contributed by atoms with van der Waals surface area (Å²) in [7, 11) is 3.06. The Bertz CT molecular complexity index is 766. The Morgan fingerprint density at radius 1 is 1.17 bits per heavy atom. The second kappa shape index (κ2) is 7.56. The molecule has 0 aliphatic rings. The molecule has 0 aliphatic heterocycles. The maximum Gasteiger partial charge on any atom is 0.332 e. The van der Waals surface area contributed by atoms with Crippen LogP contribution in [-0.2, 0) is 20.6 Å². The molecule has 2 aromatic heterocycles. The minimum atomic E-state index is -0.385. The number of nitrogens with zero attached hydrogens (tertiary/aromatic N) is 4. The first-order valence-electron chi connectivity index (χ1n) is 7.97. The van der Waals surface area contributed by atoms with Gasteiger partial charge >= 0.3 is 5.69 Å². The van der Waals surface area contributed by atoms with Crippen molar-refractivity contribution in [2.75, 3.05) is 19.7 Å². The number of imidazole rings is 1. The average molecular weight is 323 g/mol. The zero-order chi connectivity index (χ0) is 17.0. The van der Waals surface area contributed by atoms with E-state index in [1.165, 1.54) is 11.6 Å². The molecule has 0 radical (unpaired) electrons. The van der Waals surface area contributed by atoms with Crippen molar-refractivity contribution in [1.82, 2.24) is 24.0 Å². The van der Waals surface area contributed by atoms with Crippen molar-refractivity contribution in [1.29, 1.82) is 0 Å². The maximum absolute atomic E-state index is 12.2. The molecular weight excluding hydrogens is 298 g/mol. The van der Waals surface area contributed by atoms with E-state index >= 15 is 0 Å². The SMILES string of the molecule is CCCCN(CCCO)Cc1nc2c([nH]1)c(=O)n(C)c(=O)n2C. The second-order valence-corrected chi connectivity index (χ2v) is 5.79. The van der Waals surface area contributed by atoms with Crippen LogP contribution in [0.5, 0.6) is 0 Å². The molecule has 0 aliphatic carbocycles. The summed E-state index contributed by atoms with van der Waals surface area (Å²) in [5.74, 6) is 0.660. The van der Waals surface area contributed by atoms with E-state index in [0.29, 0.717) is 30.0 Å². The van der Waals surface area contributed by atoms with Crippen LogP contribution in [0.4, 0.5) is 0 Å². The van der Waals surface area contributed by atoms with Gasteiger partial charge in [0.2, 0.25) is 0 Å². The normalized spacial score (nSPS) is 11.7. The van der Waals surface area contributed by atoms with E-state index in [1.54, 1.807) is 7.05 Å². The number of unbranched alkanes of at least 4 members (excludes halogenated alkanes) is 1. The van der Waals surface area contributed by atoms with Crippen LogP contribution in [0.2, 0.25) is 0 Å². The third-order valence-corrected chi connectivity index (χ3v) is 3.98. The number of fused-ring (bicyclic) bond motifs is 1. The van der Waals surface area contributed by atoms with Crippen LogP contribution in [0, 0.1) is 0 Å². The Morgan fingerprint density at radius 3 is 2.52 bits per heavy atom. The van der Waals surface area contributed by atoms with Gasteiger partial charge in [-0.25, -0.2) is 9.78 Å². The van der Waals surface area contributed by atoms with Gasteiger partial charge in [0, 0.05) is 27.2 Å². The number of nitrogens with one attached hydrogen (secondary N) is 1. The lowest BCUT2D eigenvalue weighted by atomic mass is 10.3. The van der Waals surface area contributed by atoms with E-state index in [9.17, 15) is 9.59 Å². The fraction of sp³-hybridized carbons (Fsp3) is 0.667. The minimum absolute atomic E-state index is 0.151. The quantitative estimate of drug-likeness (QED) is 0.710. The smallest absolute Gasteiger partial charge is 0.332 e. The van der Waals surface area contributed by atoms with Crippen molar-refractivity contribution >= 4 is 11.2 Å². The van der Waals surface area contributed by atoms with Crippen molar-refractivity contribution in [2.45, 2.75) is 32.7 Å². The fourth-order valence-electron chi connectivity index (χ4n) is 2.61. The molecule has 0 bridgehead atoms. The van der Waals surface area contributed by atoms with Crippen molar-refractivity contribution in [2.24, 2.45) is 14.1 Å². The standard InChI is InChI=1S/C15H25N5O3/c1-4-5-7-20(8-6-9-21)10-11-16-12-13(17-11)18(2)15(23)19(3)14(12)22/h21H,4-10H2,1-3H3,(H,16,17). The predicted molar refractivity (Wildman–Crippen MR) is 88.5 cm³/mol. The van der Waals surface area contributed by atoms with Crippen molar-refractivity contribution < 1.29 is 5.11 Å². The Labute approximate surface area is 134 Å². The fourth-order valence-corrected chi connectivity index (χ4v) is 2.61. The van der Waals surface area contributed by atoms with Gasteiger partial charge in [-0.15, -0.1) is 0 Å². The van der Waals surface area contributed by atoms with Gasteiger partial charge in [0.05, 0.1) is 6.54 Å². The molecule has 0 fully saturated rings. The number of rotatable bonds is 8. The molecule has 23 heavy (non-hydrogen) atoms. The highest BCUT2D eigenvalue weighted by atomic mass is 16.3. The summed E-state index contributed by atoms with van der Waals surface area (Å²) in [5, 5.41) is 9.02. The van der Waals surface area contributed by atoms with Gasteiger partial charge in [-0.3, -0.25) is 18.8 Å². The van der Waals surface area contributed by atoms with Crippen LogP contribution in [0.1, 0.15) is 32.0 Å². The van der Waals surface area contributed by atoms with Gasteiger partial charge in [-0.1, -0.05) is 13.3 Å². The maximum atomic E-state index is 12.2. The molecule has 0 unspecified atom stereocenters. The van der Waals surface area contributed by atoms with Crippen molar-refractivity contribution in [3.63, 3.8) is 0 Å². The van der Waals surface area contributed by atoms with E-state index in [0.717, 1.165) is 30.5 Å². The number of aliphatic hydroxyl groups excluding tert-OH is 1. The summed E-state index contributed by atoms with van der Waals surface area (Å²) in [5.41, 5.74) is -0.0196. The summed E-state index contributed by atoms with van der Waals surface area (Å²) in [6, 6.07) is 0. The highest BCUT2D eigenvalue weighted by molar-refractivity contribution is 5.69. The number of aliphatic hydroxyl groups is 1. The van der Waals surface area contributed by atoms with Crippen LogP contribution in [-0.4, -0.2) is 48.8 Å². The van der Waals surface area contributed by atoms with E-state index in [-0.39, 0.29) is 17.9 Å². The number of H-pyrrole nitrogens is 1. The summed E-state index contributed by atoms with van der Waals surface area (Å²) in [4.78, 5) is 33.8. The van der Waals surface area contributed by atoms with Gasteiger partial charge in [0.15, 0.2) is 5.65 Å². The third-order valence-electron chi connectivity index (χ3n) is 3.98. The first-order chi connectivity index (χ1) is 11.0. The Morgan fingerprint density at radius 2 is 1.87 bits per heavy atom. The number of aryl methyl sites for hydroxylation is 1. The topological polar surface area (TPSA) is 96.2 Å². The molecule has 0 saturated carbocycles. The van der Waals surface area contributed by atoms with Crippen molar-refractivity contribution in [3.05, 3.63) is 26.7 Å². The Hall–Kier alpha value is -1.93. The molecule has 8 nitrogen and oxygen atoms in total. The molecular formula is C15H25N5O3. The van der Waals surface area contributed by atoms with E-state index in [2.05, 4.69) is 21.8 Å². The highest BCUT2D eigenvalue weighted by Crippen LogP contribution is 2.08. The minimum Gasteiger partial charge on any atom is -0.396 e. The molecule has 0 aromatic carbocycles. The largest absolute Gasteiger partial charge is 0.396 e. The van der Waals surface area contributed by atoms with E-state index in [4.69, 9.17) is 5.11 Å². The van der Waals surface area contributed by atoms with Crippen LogP contribution in [0.25, 0.3) is 11.2 Å². The van der Waals surface area contributed by atoms with Gasteiger partial charge < -0.3 is 10.1 Å². The van der Waals surface area contributed by atoms with Gasteiger partial charge in [0.1, 0.15) is 11.3 Å². The van der Waals surface area contributed by atoms with Gasteiger partial charge in [0.25, 0.3) is 5.56 Å². The Balaban J connectivity index is 2.32. The van der Waals surface area contributed by atoms with Crippen molar-refractivity contribution in [3.8, 4) is 0 Å². The van der Waals surface area contributed by atoms with Crippen LogP contribution in [0.15, 0.2) is 9.59 Å². The molecule has 2 aromatic rings. The zero-order valence-corrected chi connectivity index (χ0v) is 14.0. The molecule has 2 heterocycles. The number of aromatic nitrogens is 4. The summed E-state index contributed by atoms with van der Waals surface area (Å²) < 4.78 is 2.45. The Kier molecular flexibility index (Phi) is 5.73. The molecule has 0 spiro atoms.